The first kappa shape index (κ1) is 28.6. The van der Waals surface area contributed by atoms with E-state index in [4.69, 9.17) is 9.47 Å². The maximum atomic E-state index is 9.85. The van der Waals surface area contributed by atoms with E-state index in [9.17, 15) is 15.3 Å². The summed E-state index contributed by atoms with van der Waals surface area (Å²) >= 11 is 0. The second-order valence-electron chi connectivity index (χ2n) is 9.14. The quantitative estimate of drug-likeness (QED) is 0.176. The molecule has 0 amide bonds. The molecule has 3 N–H and O–H groups in total. The molecule has 1 aliphatic rings. The van der Waals surface area contributed by atoms with Gasteiger partial charge in [0.05, 0.1) is 13.2 Å². The Morgan fingerprint density at radius 2 is 1.23 bits per heavy atom. The van der Waals surface area contributed by atoms with E-state index in [1.165, 1.54) is 89.9 Å². The Balaban J connectivity index is 1.77. The first-order valence-corrected chi connectivity index (χ1v) is 13.0. The van der Waals surface area contributed by atoms with Crippen molar-refractivity contribution in [3.8, 4) is 0 Å². The fourth-order valence-electron chi connectivity index (χ4n) is 4.02. The smallest absolute Gasteiger partial charge is 0.111 e. The number of hydrogen-bond donors (Lipinski definition) is 3. The third kappa shape index (κ3) is 15.1. The average Bonchev–Trinajstić information content (AvgIpc) is 2.77. The lowest BCUT2D eigenvalue weighted by Crippen LogP contribution is -2.54. The van der Waals surface area contributed by atoms with Gasteiger partial charge in [-0.05, 0) is 32.1 Å². The van der Waals surface area contributed by atoms with Gasteiger partial charge in [-0.25, -0.2) is 0 Å². The van der Waals surface area contributed by atoms with Crippen LogP contribution in [0.3, 0.4) is 0 Å². The standard InChI is InChI=1S/C26H50O5/c1-2-3-4-5-6-7-8-9-10-11-12-13-14-15-16-17-18-19-20-30-22-24-26(29)25(28)23(27)21-31-24/h9-10,23-29H,2-8,11-22H2,1H3/b10-9+/t23-,24+,25+,26+/m1/s1. The molecule has 1 heterocycles. The molecule has 1 rings (SSSR count). The van der Waals surface area contributed by atoms with E-state index in [1.807, 2.05) is 0 Å². The summed E-state index contributed by atoms with van der Waals surface area (Å²) in [6.07, 6.45) is 21.8. The highest BCUT2D eigenvalue weighted by Gasteiger charge is 2.37. The van der Waals surface area contributed by atoms with E-state index >= 15 is 0 Å². The van der Waals surface area contributed by atoms with E-state index in [1.54, 1.807) is 0 Å². The zero-order valence-electron chi connectivity index (χ0n) is 20.1. The number of aliphatic hydroxyl groups is 3. The summed E-state index contributed by atoms with van der Waals surface area (Å²) in [6.45, 7) is 3.22. The molecule has 0 radical (unpaired) electrons. The molecule has 0 aromatic rings. The van der Waals surface area contributed by atoms with E-state index < -0.39 is 24.4 Å². The molecule has 31 heavy (non-hydrogen) atoms. The van der Waals surface area contributed by atoms with Crippen LogP contribution in [0.4, 0.5) is 0 Å². The molecule has 0 bridgehead atoms. The largest absolute Gasteiger partial charge is 0.388 e. The van der Waals surface area contributed by atoms with Crippen molar-refractivity contribution < 1.29 is 24.8 Å². The molecule has 5 nitrogen and oxygen atoms in total. The first-order chi connectivity index (χ1) is 15.2. The lowest BCUT2D eigenvalue weighted by Gasteiger charge is -2.35. The molecular formula is C26H50O5. The monoisotopic (exact) mass is 442 g/mol. The topological polar surface area (TPSA) is 79.2 Å². The summed E-state index contributed by atoms with van der Waals surface area (Å²) in [6, 6.07) is 0. The molecule has 184 valence electrons. The number of hydrogen-bond acceptors (Lipinski definition) is 5. The number of rotatable bonds is 20. The molecule has 0 saturated carbocycles. The van der Waals surface area contributed by atoms with Gasteiger partial charge in [0.2, 0.25) is 0 Å². The Kier molecular flexibility index (Phi) is 18.6. The maximum Gasteiger partial charge on any atom is 0.111 e. The summed E-state index contributed by atoms with van der Waals surface area (Å²) < 4.78 is 10.9. The minimum Gasteiger partial charge on any atom is -0.388 e. The van der Waals surface area contributed by atoms with Crippen LogP contribution in [0.5, 0.6) is 0 Å². The molecule has 0 unspecified atom stereocenters. The van der Waals surface area contributed by atoms with Crippen LogP contribution < -0.4 is 0 Å². The van der Waals surface area contributed by atoms with Crippen molar-refractivity contribution in [3.63, 3.8) is 0 Å². The van der Waals surface area contributed by atoms with E-state index in [-0.39, 0.29) is 13.2 Å². The lowest BCUT2D eigenvalue weighted by molar-refractivity contribution is -0.199. The Labute approximate surface area is 191 Å². The minimum atomic E-state index is -1.15. The fraction of sp³-hybridized carbons (Fsp3) is 0.923. The predicted octanol–water partition coefficient (Wildman–Crippen LogP) is 5.30. The van der Waals surface area contributed by atoms with Gasteiger partial charge in [0.15, 0.2) is 0 Å². The van der Waals surface area contributed by atoms with Gasteiger partial charge in [0.25, 0.3) is 0 Å². The Bertz CT molecular complexity index is 415. The highest BCUT2D eigenvalue weighted by Crippen LogP contribution is 2.16. The maximum absolute atomic E-state index is 9.85. The number of allylic oxidation sites excluding steroid dienone is 2. The molecule has 5 heteroatoms. The van der Waals surface area contributed by atoms with Crippen LogP contribution in [0.15, 0.2) is 12.2 Å². The van der Waals surface area contributed by atoms with Crippen molar-refractivity contribution in [2.75, 3.05) is 19.8 Å². The summed E-state index contributed by atoms with van der Waals surface area (Å²) in [5, 5.41) is 28.9. The zero-order chi connectivity index (χ0) is 22.6. The molecule has 0 aromatic carbocycles. The summed E-state index contributed by atoms with van der Waals surface area (Å²) in [5.74, 6) is 0. The van der Waals surface area contributed by atoms with Crippen LogP contribution in [0, 0.1) is 0 Å². The highest BCUT2D eigenvalue weighted by atomic mass is 16.6. The Morgan fingerprint density at radius 1 is 0.710 bits per heavy atom. The van der Waals surface area contributed by atoms with Crippen molar-refractivity contribution >= 4 is 0 Å². The van der Waals surface area contributed by atoms with Crippen molar-refractivity contribution in [2.45, 2.75) is 134 Å². The van der Waals surface area contributed by atoms with Crippen LogP contribution in [0.25, 0.3) is 0 Å². The van der Waals surface area contributed by atoms with Gasteiger partial charge >= 0.3 is 0 Å². The van der Waals surface area contributed by atoms with E-state index in [0.29, 0.717) is 6.61 Å². The fourth-order valence-corrected chi connectivity index (χ4v) is 4.02. The van der Waals surface area contributed by atoms with E-state index in [0.717, 1.165) is 12.8 Å². The van der Waals surface area contributed by atoms with Crippen LogP contribution in [0.1, 0.15) is 110 Å². The van der Waals surface area contributed by atoms with Crippen LogP contribution in [0.2, 0.25) is 0 Å². The van der Waals surface area contributed by atoms with Crippen LogP contribution in [-0.2, 0) is 9.47 Å². The second kappa shape index (κ2) is 20.2. The highest BCUT2D eigenvalue weighted by molar-refractivity contribution is 4.86. The number of aliphatic hydroxyl groups excluding tert-OH is 3. The molecular weight excluding hydrogens is 392 g/mol. The zero-order valence-corrected chi connectivity index (χ0v) is 20.1. The normalized spacial score (nSPS) is 24.3. The predicted molar refractivity (Wildman–Crippen MR) is 127 cm³/mol. The molecule has 4 atom stereocenters. The van der Waals surface area contributed by atoms with Gasteiger partial charge in [0.1, 0.15) is 24.4 Å². The van der Waals surface area contributed by atoms with Crippen molar-refractivity contribution in [1.82, 2.24) is 0 Å². The van der Waals surface area contributed by atoms with Crippen LogP contribution >= 0.6 is 0 Å². The van der Waals surface area contributed by atoms with Gasteiger partial charge < -0.3 is 24.8 Å². The van der Waals surface area contributed by atoms with Gasteiger partial charge in [-0.3, -0.25) is 0 Å². The third-order valence-corrected chi connectivity index (χ3v) is 6.19. The SMILES string of the molecule is CCCCCCCC/C=C/CCCCCCCCCCOC[C@@H]1OC[C@@H](O)[C@H](O)[C@H]1O. The molecule has 1 fully saturated rings. The minimum absolute atomic E-state index is 0.0434. The van der Waals surface area contributed by atoms with Crippen LogP contribution in [-0.4, -0.2) is 59.6 Å². The average molecular weight is 443 g/mol. The second-order valence-corrected chi connectivity index (χ2v) is 9.14. The Hall–Kier alpha value is -0.460. The summed E-state index contributed by atoms with van der Waals surface area (Å²) in [4.78, 5) is 0. The van der Waals surface area contributed by atoms with Crippen molar-refractivity contribution in [2.24, 2.45) is 0 Å². The Morgan fingerprint density at radius 3 is 1.81 bits per heavy atom. The molecule has 1 aliphatic heterocycles. The lowest BCUT2D eigenvalue weighted by atomic mass is 10.0. The molecule has 0 spiro atoms. The van der Waals surface area contributed by atoms with Gasteiger partial charge in [-0.2, -0.15) is 0 Å². The molecule has 0 aromatic heterocycles. The van der Waals surface area contributed by atoms with Crippen molar-refractivity contribution in [3.05, 3.63) is 12.2 Å². The molecule has 0 aliphatic carbocycles. The van der Waals surface area contributed by atoms with Gasteiger partial charge in [-0.1, -0.05) is 89.7 Å². The third-order valence-electron chi connectivity index (χ3n) is 6.19. The van der Waals surface area contributed by atoms with Gasteiger partial charge in [-0.15, -0.1) is 0 Å². The number of ether oxygens (including phenoxy) is 2. The summed E-state index contributed by atoms with van der Waals surface area (Å²) in [5.41, 5.74) is 0. The first-order valence-electron chi connectivity index (χ1n) is 13.0. The van der Waals surface area contributed by atoms with Crippen molar-refractivity contribution in [1.29, 1.82) is 0 Å². The number of unbranched alkanes of at least 4 members (excludes halogenated alkanes) is 14. The summed E-state index contributed by atoms with van der Waals surface area (Å²) in [7, 11) is 0. The van der Waals surface area contributed by atoms with E-state index in [2.05, 4.69) is 19.1 Å². The van der Waals surface area contributed by atoms with Gasteiger partial charge in [0, 0.05) is 6.61 Å². The molecule has 1 saturated heterocycles.